The van der Waals surface area contributed by atoms with Crippen molar-refractivity contribution in [3.63, 3.8) is 0 Å². The Kier molecular flexibility index (Phi) is 8.64. The second kappa shape index (κ2) is 11.2. The third kappa shape index (κ3) is 7.52. The van der Waals surface area contributed by atoms with Gasteiger partial charge in [-0.1, -0.05) is 45.0 Å². The number of amides is 3. The third-order valence-corrected chi connectivity index (χ3v) is 7.04. The molecule has 9 nitrogen and oxygen atoms in total. The maximum absolute atomic E-state index is 13.6. The quantitative estimate of drug-likeness (QED) is 0.525. The molecule has 1 aromatic carbocycles. The van der Waals surface area contributed by atoms with Gasteiger partial charge in [-0.05, 0) is 44.2 Å². The monoisotopic (exact) mass is 530 g/mol. The molecule has 0 radical (unpaired) electrons. The Bertz CT molecular complexity index is 1120. The summed E-state index contributed by atoms with van der Waals surface area (Å²) in [6.07, 6.45) is -1.41. The maximum Gasteiger partial charge on any atom is 0.408 e. The zero-order valence-electron chi connectivity index (χ0n) is 22.6. The van der Waals surface area contributed by atoms with Crippen molar-refractivity contribution >= 4 is 29.2 Å². The minimum Gasteiger partial charge on any atom is -0.444 e. The minimum absolute atomic E-state index is 0.0163. The molecule has 1 aromatic heterocycles. The van der Waals surface area contributed by atoms with Crippen LogP contribution in [0.4, 0.5) is 4.79 Å². The number of alkyl carbamates (subject to hydrolysis) is 1. The summed E-state index contributed by atoms with van der Waals surface area (Å²) in [4.78, 5) is 45.9. The van der Waals surface area contributed by atoms with Gasteiger partial charge < -0.3 is 25.4 Å². The number of carbonyl (C=O) groups excluding carboxylic acids is 3. The topological polar surface area (TPSA) is 121 Å². The highest BCUT2D eigenvalue weighted by Crippen LogP contribution is 2.28. The lowest BCUT2D eigenvalue weighted by molar-refractivity contribution is -0.142. The summed E-state index contributed by atoms with van der Waals surface area (Å²) >= 11 is 1.58. The highest BCUT2D eigenvalue weighted by Gasteiger charge is 2.44. The van der Waals surface area contributed by atoms with Crippen molar-refractivity contribution in [2.75, 3.05) is 6.54 Å². The lowest BCUT2D eigenvalue weighted by atomic mass is 9.85. The fraction of sp³-hybridized carbons (Fsp3) is 0.556. The number of nitrogens with one attached hydrogen (secondary N) is 2. The van der Waals surface area contributed by atoms with Crippen LogP contribution in [0.5, 0.6) is 0 Å². The van der Waals surface area contributed by atoms with Gasteiger partial charge in [-0.15, -0.1) is 11.3 Å². The molecule has 3 N–H and O–H groups in total. The van der Waals surface area contributed by atoms with E-state index in [9.17, 15) is 19.5 Å². The van der Waals surface area contributed by atoms with E-state index in [0.717, 1.165) is 21.7 Å². The molecule has 0 aliphatic carbocycles. The first kappa shape index (κ1) is 28.6. The molecule has 10 heteroatoms. The third-order valence-electron chi connectivity index (χ3n) is 6.07. The summed E-state index contributed by atoms with van der Waals surface area (Å²) in [5.74, 6) is -0.781. The molecular formula is C27H38N4O5S. The van der Waals surface area contributed by atoms with E-state index < -0.39 is 41.2 Å². The number of aromatic nitrogens is 1. The van der Waals surface area contributed by atoms with Crippen LogP contribution in [-0.4, -0.2) is 63.2 Å². The van der Waals surface area contributed by atoms with Gasteiger partial charge in [0.2, 0.25) is 11.8 Å². The van der Waals surface area contributed by atoms with Gasteiger partial charge in [0.05, 0.1) is 22.2 Å². The van der Waals surface area contributed by atoms with E-state index in [1.807, 2.05) is 57.5 Å². The van der Waals surface area contributed by atoms with Crippen LogP contribution in [0.1, 0.15) is 59.2 Å². The van der Waals surface area contributed by atoms with Crippen molar-refractivity contribution < 1.29 is 24.2 Å². The number of benzene rings is 1. The smallest absolute Gasteiger partial charge is 0.408 e. The Morgan fingerprint density at radius 3 is 2.35 bits per heavy atom. The lowest BCUT2D eigenvalue weighted by Gasteiger charge is -2.35. The number of hydrogen-bond acceptors (Lipinski definition) is 7. The molecule has 1 aliphatic heterocycles. The molecule has 202 valence electrons. The van der Waals surface area contributed by atoms with Gasteiger partial charge in [-0.2, -0.15) is 0 Å². The van der Waals surface area contributed by atoms with E-state index in [-0.39, 0.29) is 25.4 Å². The fourth-order valence-corrected chi connectivity index (χ4v) is 5.02. The highest BCUT2D eigenvalue weighted by molar-refractivity contribution is 7.13. The van der Waals surface area contributed by atoms with Gasteiger partial charge >= 0.3 is 6.09 Å². The predicted molar refractivity (Wildman–Crippen MR) is 143 cm³/mol. The molecule has 37 heavy (non-hydrogen) atoms. The maximum atomic E-state index is 13.6. The van der Waals surface area contributed by atoms with Crippen LogP contribution in [0, 0.1) is 12.3 Å². The van der Waals surface area contributed by atoms with E-state index in [4.69, 9.17) is 4.74 Å². The normalized spacial score (nSPS) is 18.9. The van der Waals surface area contributed by atoms with Crippen molar-refractivity contribution in [3.8, 4) is 10.4 Å². The van der Waals surface area contributed by atoms with Gasteiger partial charge in [0.1, 0.15) is 17.7 Å². The van der Waals surface area contributed by atoms with Gasteiger partial charge in [0.25, 0.3) is 0 Å². The average Bonchev–Trinajstić information content (AvgIpc) is 3.39. The first-order chi connectivity index (χ1) is 17.2. The molecule has 0 bridgehead atoms. The number of β-amino-alcohol motifs (C(OH)–C–C–N with tert-alkyl or cyclic N) is 1. The summed E-state index contributed by atoms with van der Waals surface area (Å²) in [7, 11) is 0. The van der Waals surface area contributed by atoms with Crippen LogP contribution in [0.2, 0.25) is 0 Å². The number of aliphatic hydroxyl groups is 1. The van der Waals surface area contributed by atoms with E-state index >= 15 is 0 Å². The number of hydrogen-bond donors (Lipinski definition) is 3. The number of rotatable bonds is 6. The zero-order valence-corrected chi connectivity index (χ0v) is 23.4. The van der Waals surface area contributed by atoms with Gasteiger partial charge in [0.15, 0.2) is 0 Å². The molecule has 0 saturated carbocycles. The predicted octanol–water partition coefficient (Wildman–Crippen LogP) is 3.64. The first-order valence-electron chi connectivity index (χ1n) is 12.4. The van der Waals surface area contributed by atoms with Gasteiger partial charge in [-0.25, -0.2) is 9.78 Å². The molecular weight excluding hydrogens is 492 g/mol. The average molecular weight is 531 g/mol. The van der Waals surface area contributed by atoms with Crippen molar-refractivity contribution in [1.29, 1.82) is 0 Å². The Hall–Kier alpha value is -2.98. The molecule has 0 spiro atoms. The lowest BCUT2D eigenvalue weighted by Crippen LogP contribution is -2.58. The number of aryl methyl sites for hydroxylation is 1. The number of carbonyl (C=O) groups is 3. The van der Waals surface area contributed by atoms with Crippen LogP contribution in [-0.2, 0) is 20.9 Å². The fourth-order valence-electron chi connectivity index (χ4n) is 4.21. The summed E-state index contributed by atoms with van der Waals surface area (Å²) in [6.45, 7) is 13.0. The van der Waals surface area contributed by atoms with Crippen molar-refractivity contribution in [2.24, 2.45) is 5.41 Å². The highest BCUT2D eigenvalue weighted by atomic mass is 32.1. The zero-order chi connectivity index (χ0) is 27.5. The Morgan fingerprint density at radius 1 is 1.16 bits per heavy atom. The largest absolute Gasteiger partial charge is 0.444 e. The Labute approximate surface area is 222 Å². The number of likely N-dealkylation sites (tertiary alicyclic amines) is 1. The van der Waals surface area contributed by atoms with Gasteiger partial charge in [0, 0.05) is 19.5 Å². The number of nitrogens with zero attached hydrogens (tertiary/aromatic N) is 2. The van der Waals surface area contributed by atoms with E-state index in [1.165, 1.54) is 4.90 Å². The van der Waals surface area contributed by atoms with E-state index in [2.05, 4.69) is 15.6 Å². The standard InChI is InChI=1S/C27H38N4O5S/c1-16-21(37-15-29-16)18-10-8-17(9-11-18)13-28-23(33)20-12-19(32)14-31(20)24(34)22(26(2,3)4)30-25(35)36-27(5,6)7/h8-11,15,19-20,22,32H,12-14H2,1-7H3,(H,28,33)(H,30,35)/t19-,20-,22-/m0/s1. The van der Waals surface area contributed by atoms with E-state index in [0.29, 0.717) is 0 Å². The minimum atomic E-state index is -0.939. The van der Waals surface area contributed by atoms with Crippen LogP contribution in [0.15, 0.2) is 29.8 Å². The molecule has 3 amide bonds. The molecule has 3 atom stereocenters. The van der Waals surface area contributed by atoms with E-state index in [1.54, 1.807) is 32.1 Å². The molecule has 3 rings (SSSR count). The van der Waals surface area contributed by atoms with Crippen LogP contribution < -0.4 is 10.6 Å². The van der Waals surface area contributed by atoms with Crippen molar-refractivity contribution in [1.82, 2.24) is 20.5 Å². The number of ether oxygens (including phenoxy) is 1. The molecule has 2 heterocycles. The number of aliphatic hydroxyl groups excluding tert-OH is 1. The Balaban J connectivity index is 1.68. The molecule has 1 saturated heterocycles. The summed E-state index contributed by atoms with van der Waals surface area (Å²) in [5.41, 5.74) is 3.40. The Morgan fingerprint density at radius 2 is 1.81 bits per heavy atom. The second-order valence-electron chi connectivity index (χ2n) is 11.5. The first-order valence-corrected chi connectivity index (χ1v) is 13.3. The van der Waals surface area contributed by atoms with Gasteiger partial charge in [-0.3, -0.25) is 9.59 Å². The van der Waals surface area contributed by atoms with Crippen LogP contribution in [0.3, 0.4) is 0 Å². The van der Waals surface area contributed by atoms with Crippen LogP contribution in [0.25, 0.3) is 10.4 Å². The second-order valence-corrected chi connectivity index (χ2v) is 12.4. The molecule has 1 fully saturated rings. The molecule has 2 aromatic rings. The SMILES string of the molecule is Cc1ncsc1-c1ccc(CNC(=O)[C@@H]2C[C@H](O)CN2C(=O)[C@H](NC(=O)OC(C)(C)C)C(C)(C)C)cc1. The molecule has 0 unspecified atom stereocenters. The number of thiazole rings is 1. The molecule has 1 aliphatic rings. The summed E-state index contributed by atoms with van der Waals surface area (Å²) in [6, 6.07) is 6.10. The van der Waals surface area contributed by atoms with Crippen molar-refractivity contribution in [3.05, 3.63) is 41.0 Å². The summed E-state index contributed by atoms with van der Waals surface area (Å²) in [5, 5.41) is 15.9. The van der Waals surface area contributed by atoms with Crippen molar-refractivity contribution in [2.45, 2.75) is 85.2 Å². The summed E-state index contributed by atoms with van der Waals surface area (Å²) < 4.78 is 5.35. The van der Waals surface area contributed by atoms with Crippen LogP contribution >= 0.6 is 11.3 Å².